The van der Waals surface area contributed by atoms with Crippen LogP contribution in [0, 0.1) is 10.8 Å². The summed E-state index contributed by atoms with van der Waals surface area (Å²) in [6, 6.07) is 39.6. The molecule has 0 radical (unpaired) electrons. The summed E-state index contributed by atoms with van der Waals surface area (Å²) in [4.78, 5) is 29.0. The summed E-state index contributed by atoms with van der Waals surface area (Å²) < 4.78 is 48.5. The minimum absolute atomic E-state index is 0.0843. The minimum atomic E-state index is -3.27. The molecule has 0 aliphatic carbocycles. The molecule has 1 saturated heterocycles. The molecule has 0 bridgehead atoms. The lowest BCUT2D eigenvalue weighted by atomic mass is 9.75. The molecular weight excluding hydrogens is 717 g/mol. The first-order valence-corrected chi connectivity index (χ1v) is 20.2. The van der Waals surface area contributed by atoms with Gasteiger partial charge in [0.25, 0.3) is 5.91 Å². The van der Waals surface area contributed by atoms with Gasteiger partial charge in [-0.05, 0) is 40.5 Å². The zero-order valence-electron chi connectivity index (χ0n) is 28.7. The minimum Gasteiger partial charge on any atom is -0.352 e. The maximum Gasteiger partial charge on any atom is 0.312 e. The number of hydrogen-bond acceptors (Lipinski definition) is 10. The number of aromatic nitrogens is 4. The third-order valence-electron chi connectivity index (χ3n) is 9.30. The van der Waals surface area contributed by atoms with Crippen LogP contribution < -0.4 is 19.9 Å². The average molecular weight is 754 g/mol. The van der Waals surface area contributed by atoms with Crippen molar-refractivity contribution in [2.45, 2.75) is 24.3 Å². The number of fused-ring (bicyclic) bond motifs is 1. The molecule has 1 unspecified atom stereocenters. The first kappa shape index (κ1) is 36.5. The highest BCUT2D eigenvalue weighted by Crippen LogP contribution is 2.46. The monoisotopic (exact) mass is 753 g/mol. The fourth-order valence-electron chi connectivity index (χ4n) is 6.95. The van der Waals surface area contributed by atoms with Crippen molar-refractivity contribution in [1.29, 1.82) is 0 Å². The molecule has 1 fully saturated rings. The molecular formula is C38H37ClN7O6P. The maximum atomic E-state index is 13.4. The number of amides is 1. The molecule has 3 atom stereocenters. The first-order valence-electron chi connectivity index (χ1n) is 16.9. The van der Waals surface area contributed by atoms with E-state index in [1.807, 2.05) is 65.2 Å². The number of carbonyl (C=O) groups excluding carboxylic acids is 1. The molecule has 53 heavy (non-hydrogen) atoms. The molecule has 6 aromatic rings. The fourth-order valence-corrected chi connectivity index (χ4v) is 8.63. The van der Waals surface area contributed by atoms with Gasteiger partial charge in [0.1, 0.15) is 16.9 Å². The van der Waals surface area contributed by atoms with E-state index in [1.165, 1.54) is 13.0 Å². The van der Waals surface area contributed by atoms with Gasteiger partial charge in [0, 0.05) is 31.5 Å². The summed E-state index contributed by atoms with van der Waals surface area (Å²) in [7, 11) is -5.79. The zero-order valence-corrected chi connectivity index (χ0v) is 30.3. The Morgan fingerprint density at radius 1 is 0.868 bits per heavy atom. The molecule has 2 aromatic heterocycles. The van der Waals surface area contributed by atoms with Crippen molar-refractivity contribution in [2.75, 3.05) is 31.2 Å². The Hall–Kier alpha value is -4.82. The van der Waals surface area contributed by atoms with E-state index in [4.69, 9.17) is 4.74 Å². The number of anilines is 1. The highest BCUT2D eigenvalue weighted by molar-refractivity contribution is 7.60. The topological polar surface area (TPSA) is 170 Å². The van der Waals surface area contributed by atoms with Crippen molar-refractivity contribution in [3.8, 4) is 0 Å². The van der Waals surface area contributed by atoms with Crippen molar-refractivity contribution in [2.24, 2.45) is 0 Å². The second-order valence-electron chi connectivity index (χ2n) is 12.8. The summed E-state index contributed by atoms with van der Waals surface area (Å²) in [5.41, 5.74) is 3.61. The molecule has 1 amide bonds. The van der Waals surface area contributed by atoms with Crippen molar-refractivity contribution in [3.63, 3.8) is 0 Å². The van der Waals surface area contributed by atoms with Gasteiger partial charge in [0.2, 0.25) is 0 Å². The summed E-state index contributed by atoms with van der Waals surface area (Å²) >= 11 is 0. The molecule has 1 aliphatic rings. The number of imidazole rings is 1. The molecule has 0 spiro atoms. The van der Waals surface area contributed by atoms with Crippen molar-refractivity contribution in [3.05, 3.63) is 156 Å². The number of benzene rings is 4. The lowest BCUT2D eigenvalue weighted by Gasteiger charge is -2.50. The van der Waals surface area contributed by atoms with Gasteiger partial charge in [-0.25, -0.2) is 15.0 Å². The van der Waals surface area contributed by atoms with Gasteiger partial charge in [-0.15, -0.1) is 0 Å². The van der Waals surface area contributed by atoms with Crippen LogP contribution in [-0.4, -0.2) is 62.3 Å². The van der Waals surface area contributed by atoms with E-state index in [9.17, 15) is 18.7 Å². The Balaban J connectivity index is 1.32. The van der Waals surface area contributed by atoms with Gasteiger partial charge in [0.05, 0.1) is 18.0 Å². The van der Waals surface area contributed by atoms with Gasteiger partial charge in [-0.3, -0.25) is 14.3 Å². The molecule has 7 rings (SSSR count). The average Bonchev–Trinajstić information content (AvgIpc) is 3.64. The van der Waals surface area contributed by atoms with Gasteiger partial charge in [-0.2, -0.15) is 0 Å². The third-order valence-corrected chi connectivity index (χ3v) is 11.2. The van der Waals surface area contributed by atoms with Crippen LogP contribution in [0.15, 0.2) is 134 Å². The van der Waals surface area contributed by atoms with Gasteiger partial charge < -0.3 is 23.9 Å². The number of hydrogen-bond donors (Lipinski definition) is 2. The maximum absolute atomic E-state index is 13.4. The molecule has 4 aromatic carbocycles. The lowest BCUT2D eigenvalue weighted by molar-refractivity contribution is -1.63. The number of carbonyl (C=O) groups is 1. The van der Waals surface area contributed by atoms with Gasteiger partial charge >= 0.3 is 10.8 Å². The van der Waals surface area contributed by atoms with Crippen LogP contribution >= 0.6 is 7.29 Å². The number of halogens is 1. The molecule has 0 saturated carbocycles. The van der Waals surface area contributed by atoms with Crippen molar-refractivity contribution in [1.82, 2.24) is 29.7 Å². The van der Waals surface area contributed by atoms with Crippen LogP contribution in [0.2, 0.25) is 0 Å². The van der Waals surface area contributed by atoms with Crippen LogP contribution in [0.4, 0.5) is 5.82 Å². The fraction of sp³-hybridized carbons (Fsp3) is 0.211. The van der Waals surface area contributed by atoms with E-state index in [2.05, 4.69) is 71.2 Å². The third kappa shape index (κ3) is 7.93. The highest BCUT2D eigenvalue weighted by Gasteiger charge is 2.46. The summed E-state index contributed by atoms with van der Waals surface area (Å²) in [6.07, 6.45) is 2.23. The molecule has 15 heteroatoms. The van der Waals surface area contributed by atoms with Crippen molar-refractivity contribution >= 4 is 30.2 Å². The molecule has 2 N–H and O–H groups in total. The van der Waals surface area contributed by atoms with Crippen LogP contribution in [0.1, 0.15) is 39.7 Å². The zero-order chi connectivity index (χ0) is 36.8. The predicted molar refractivity (Wildman–Crippen MR) is 192 cm³/mol. The summed E-state index contributed by atoms with van der Waals surface area (Å²) in [5, 5.41) is 5.07. The van der Waals surface area contributed by atoms with E-state index in [-0.39, 0.29) is 17.9 Å². The standard InChI is InChI=1S/C38H37ClN7O6P/c1-53(50,44-52-39(48)49)23-22-32-24-45(38(29-16-8-3-9-17-29,30-18-10-4-11-19-30)31-20-12-5-13-21-31)25-33(51-32)46-27-42-34-35(40-26-41-36(34)46)43-37(47)28-14-6-2-7-15-28/h2-21,26-27,32-33H,22-25H2,1H3,(H,44,50)(H,40,41,43,47)/t32-,33+,53?/m0/s1. The Labute approximate surface area is 309 Å². The van der Waals surface area contributed by atoms with E-state index in [0.29, 0.717) is 36.2 Å². The molecule has 1 aliphatic heterocycles. The highest BCUT2D eigenvalue weighted by atomic mass is 35.6. The van der Waals surface area contributed by atoms with Crippen LogP contribution in [0.5, 0.6) is 0 Å². The van der Waals surface area contributed by atoms with E-state index in [1.54, 1.807) is 30.6 Å². The smallest absolute Gasteiger partial charge is 0.312 e. The van der Waals surface area contributed by atoms with E-state index in [0.717, 1.165) is 16.7 Å². The Morgan fingerprint density at radius 2 is 1.43 bits per heavy atom. The number of ether oxygens (including phenoxy) is 1. The Morgan fingerprint density at radius 3 is 2.00 bits per heavy atom. The normalized spacial score (nSPS) is 17.8. The predicted octanol–water partition coefficient (Wildman–Crippen LogP) is 4.18. The summed E-state index contributed by atoms with van der Waals surface area (Å²) in [5.74, 6) is -0.0767. The van der Waals surface area contributed by atoms with Crippen LogP contribution in [0.25, 0.3) is 11.2 Å². The Kier molecular flexibility index (Phi) is 11.1. The van der Waals surface area contributed by atoms with E-state index < -0.39 is 35.9 Å². The number of nitrogens with zero attached hydrogens (tertiary/aromatic N) is 5. The number of morpholine rings is 1. The number of nitrogens with one attached hydrogen (secondary N) is 2. The number of rotatable bonds is 13. The SMILES string of the molecule is CP(=O)(CC[C@H]1CN(C(c2ccccc2)(c2ccccc2)c2ccccc2)C[C@H](n2cnc3c(NC(=O)c4ccccc4)ncnc32)O1)NO[Cl+2]([O-])[O-]. The van der Waals surface area contributed by atoms with Gasteiger partial charge in [0.15, 0.2) is 24.3 Å². The second kappa shape index (κ2) is 16.0. The largest absolute Gasteiger partial charge is 0.352 e. The van der Waals surface area contributed by atoms with Crippen molar-refractivity contribution < 1.29 is 38.6 Å². The van der Waals surface area contributed by atoms with Crippen LogP contribution in [0.3, 0.4) is 0 Å². The molecule has 13 nitrogen and oxygen atoms in total. The quantitative estimate of drug-likeness (QED) is 0.0986. The summed E-state index contributed by atoms with van der Waals surface area (Å²) in [6.45, 7) is 2.22. The van der Waals surface area contributed by atoms with E-state index >= 15 is 0 Å². The lowest BCUT2D eigenvalue weighted by Crippen LogP contribution is -2.56. The second-order valence-corrected chi connectivity index (χ2v) is 16.1. The molecule has 3 heterocycles. The van der Waals surface area contributed by atoms with Gasteiger partial charge in [-0.1, -0.05) is 109 Å². The Bertz CT molecular complexity index is 2080. The molecule has 272 valence electrons. The first-order chi connectivity index (χ1) is 25.7. The van der Waals surface area contributed by atoms with Crippen LogP contribution in [-0.2, 0) is 19.2 Å².